The summed E-state index contributed by atoms with van der Waals surface area (Å²) in [6.45, 7) is 1.39. The molecule has 3 amide bonds. The predicted molar refractivity (Wildman–Crippen MR) is 106 cm³/mol. The first kappa shape index (κ1) is 20.2. The van der Waals surface area contributed by atoms with E-state index in [0.29, 0.717) is 17.1 Å². The van der Waals surface area contributed by atoms with E-state index < -0.39 is 17.9 Å². The van der Waals surface area contributed by atoms with Crippen molar-refractivity contribution in [3.8, 4) is 11.6 Å². The zero-order chi connectivity index (χ0) is 22.0. The highest BCUT2D eigenvalue weighted by Crippen LogP contribution is 2.25. The number of imide groups is 1. The van der Waals surface area contributed by atoms with Gasteiger partial charge in [-0.05, 0) is 28.9 Å². The van der Waals surface area contributed by atoms with Crippen molar-refractivity contribution < 1.29 is 28.7 Å². The Morgan fingerprint density at radius 3 is 2.58 bits per heavy atom. The van der Waals surface area contributed by atoms with Crippen LogP contribution in [0.3, 0.4) is 0 Å². The monoisotopic (exact) mass is 421 g/mol. The van der Waals surface area contributed by atoms with Gasteiger partial charge in [0.25, 0.3) is 11.6 Å². The fraction of sp³-hybridized carbons (Fsp3) is 0.190. The topological polar surface area (TPSA) is 131 Å². The van der Waals surface area contributed by atoms with Crippen LogP contribution in [-0.4, -0.2) is 29.0 Å². The zero-order valence-corrected chi connectivity index (χ0v) is 16.6. The van der Waals surface area contributed by atoms with Gasteiger partial charge in [0.1, 0.15) is 0 Å². The molecule has 158 valence electrons. The van der Waals surface area contributed by atoms with Crippen molar-refractivity contribution in [3.05, 3.63) is 60.3 Å². The minimum absolute atomic E-state index is 0.00375. The number of nitrogens with one attached hydrogen (secondary N) is 2. The molecule has 31 heavy (non-hydrogen) atoms. The lowest BCUT2D eigenvalue weighted by molar-refractivity contribution is -0.677. The molecule has 2 N–H and O–H groups in total. The van der Waals surface area contributed by atoms with Crippen LogP contribution in [0, 0.1) is 0 Å². The van der Waals surface area contributed by atoms with E-state index in [4.69, 9.17) is 4.52 Å². The van der Waals surface area contributed by atoms with Crippen LogP contribution in [0.25, 0.3) is 5.69 Å². The zero-order valence-electron chi connectivity index (χ0n) is 16.6. The van der Waals surface area contributed by atoms with Gasteiger partial charge in [-0.1, -0.05) is 18.2 Å². The SMILES string of the molecule is CC(=O)Nc1ccc(N2C(=O)CC(NCc3c([O-])on[n+]3-c3ccccc3)C2=O)cc1. The number of amides is 3. The Balaban J connectivity index is 1.47. The third kappa shape index (κ3) is 4.14. The molecule has 2 aromatic carbocycles. The third-order valence-corrected chi connectivity index (χ3v) is 4.81. The minimum atomic E-state index is -0.791. The van der Waals surface area contributed by atoms with Crippen LogP contribution in [0.15, 0.2) is 59.1 Å². The number of hydrogen-bond donors (Lipinski definition) is 2. The van der Waals surface area contributed by atoms with Crippen molar-refractivity contribution >= 4 is 29.1 Å². The molecule has 1 aromatic heterocycles. The Labute approximate surface area is 177 Å². The predicted octanol–water partition coefficient (Wildman–Crippen LogP) is 0.405. The first-order valence-electron chi connectivity index (χ1n) is 9.55. The molecule has 0 radical (unpaired) electrons. The van der Waals surface area contributed by atoms with Gasteiger partial charge in [0.2, 0.25) is 17.5 Å². The summed E-state index contributed by atoms with van der Waals surface area (Å²) in [7, 11) is 0. The smallest absolute Gasteiger partial charge is 0.253 e. The summed E-state index contributed by atoms with van der Waals surface area (Å²) in [4.78, 5) is 37.5. The second-order valence-electron chi connectivity index (χ2n) is 6.99. The number of hydrogen-bond acceptors (Lipinski definition) is 7. The maximum atomic E-state index is 12.8. The summed E-state index contributed by atoms with van der Waals surface area (Å²) in [6, 6.07) is 14.6. The summed E-state index contributed by atoms with van der Waals surface area (Å²) in [6.07, 6.45) is -0.0446. The van der Waals surface area contributed by atoms with Gasteiger partial charge in [0.15, 0.2) is 5.95 Å². The van der Waals surface area contributed by atoms with Gasteiger partial charge in [-0.15, -0.1) is 0 Å². The lowest BCUT2D eigenvalue weighted by Gasteiger charge is -2.16. The minimum Gasteiger partial charge on any atom is -0.539 e. The summed E-state index contributed by atoms with van der Waals surface area (Å²) >= 11 is 0. The Hall–Kier alpha value is -4.05. The molecule has 1 atom stereocenters. The summed E-state index contributed by atoms with van der Waals surface area (Å²) in [5.74, 6) is -1.63. The van der Waals surface area contributed by atoms with Crippen molar-refractivity contribution in [2.24, 2.45) is 0 Å². The molecule has 0 bridgehead atoms. The average molecular weight is 421 g/mol. The van der Waals surface area contributed by atoms with E-state index in [-0.39, 0.29) is 30.5 Å². The first-order chi connectivity index (χ1) is 14.9. The molecular weight excluding hydrogens is 402 g/mol. The van der Waals surface area contributed by atoms with Gasteiger partial charge in [0.05, 0.1) is 30.0 Å². The first-order valence-corrected chi connectivity index (χ1v) is 9.55. The fourth-order valence-corrected chi connectivity index (χ4v) is 3.37. The van der Waals surface area contributed by atoms with Gasteiger partial charge in [-0.2, -0.15) is 0 Å². The fourth-order valence-electron chi connectivity index (χ4n) is 3.37. The van der Waals surface area contributed by atoms with Crippen LogP contribution in [0.2, 0.25) is 0 Å². The van der Waals surface area contributed by atoms with Crippen molar-refractivity contribution in [3.63, 3.8) is 0 Å². The van der Waals surface area contributed by atoms with Gasteiger partial charge < -0.3 is 14.9 Å². The number of rotatable bonds is 6. The highest BCUT2D eigenvalue weighted by molar-refractivity contribution is 6.22. The molecule has 0 spiro atoms. The number of carbonyl (C=O) groups is 3. The van der Waals surface area contributed by atoms with Crippen molar-refractivity contribution in [1.82, 2.24) is 10.6 Å². The van der Waals surface area contributed by atoms with Crippen molar-refractivity contribution in [2.45, 2.75) is 25.9 Å². The maximum Gasteiger partial charge on any atom is 0.253 e. The number of aromatic nitrogens is 2. The lowest BCUT2D eigenvalue weighted by atomic mass is 10.2. The van der Waals surface area contributed by atoms with Crippen molar-refractivity contribution in [2.75, 3.05) is 10.2 Å². The van der Waals surface area contributed by atoms with E-state index in [1.807, 2.05) is 6.07 Å². The molecule has 3 aromatic rings. The average Bonchev–Trinajstić information content (AvgIpc) is 3.26. The van der Waals surface area contributed by atoms with E-state index in [1.165, 1.54) is 11.6 Å². The quantitative estimate of drug-likeness (QED) is 0.435. The Morgan fingerprint density at radius 2 is 1.90 bits per heavy atom. The Bertz CT molecular complexity index is 1130. The standard InChI is InChI=1S/C21H19N5O5/c1-13(27)23-14-7-9-15(10-8-14)25-19(28)11-17(20(25)29)22-12-18-21(30)31-24-26(18)16-5-3-2-4-6-16/h2-10,17,22H,11-12H2,1H3,(H-,23,24,27,30). The number of nitrogens with zero attached hydrogens (tertiary/aromatic N) is 3. The van der Waals surface area contributed by atoms with Gasteiger partial charge in [-0.3, -0.25) is 19.7 Å². The molecule has 10 heteroatoms. The second kappa shape index (κ2) is 8.36. The Morgan fingerprint density at radius 1 is 1.19 bits per heavy atom. The molecule has 4 rings (SSSR count). The molecule has 1 saturated heterocycles. The van der Waals surface area contributed by atoms with Crippen LogP contribution in [0.1, 0.15) is 19.0 Å². The number of anilines is 2. The van der Waals surface area contributed by atoms with E-state index in [9.17, 15) is 19.5 Å². The maximum absolute atomic E-state index is 12.8. The molecular formula is C21H19N5O5. The van der Waals surface area contributed by atoms with E-state index in [2.05, 4.69) is 15.9 Å². The summed E-state index contributed by atoms with van der Waals surface area (Å²) in [5.41, 5.74) is 1.82. The molecule has 1 aliphatic rings. The van der Waals surface area contributed by atoms with E-state index >= 15 is 0 Å². The molecule has 0 aliphatic carbocycles. The van der Waals surface area contributed by atoms with Crippen LogP contribution >= 0.6 is 0 Å². The summed E-state index contributed by atoms with van der Waals surface area (Å²) in [5, 5.41) is 21.4. The highest BCUT2D eigenvalue weighted by atomic mass is 16.6. The van der Waals surface area contributed by atoms with Crippen LogP contribution in [0.5, 0.6) is 5.95 Å². The van der Waals surface area contributed by atoms with Gasteiger partial charge >= 0.3 is 0 Å². The molecule has 1 unspecified atom stereocenters. The summed E-state index contributed by atoms with van der Waals surface area (Å²) < 4.78 is 6.12. The molecule has 1 aliphatic heterocycles. The number of benzene rings is 2. The van der Waals surface area contributed by atoms with E-state index in [1.54, 1.807) is 48.5 Å². The molecule has 10 nitrogen and oxygen atoms in total. The highest BCUT2D eigenvalue weighted by Gasteiger charge is 2.39. The van der Waals surface area contributed by atoms with Crippen LogP contribution < -0.4 is 25.3 Å². The number of carbonyl (C=O) groups excluding carboxylic acids is 3. The largest absolute Gasteiger partial charge is 0.539 e. The van der Waals surface area contributed by atoms with E-state index in [0.717, 1.165) is 4.90 Å². The molecule has 0 saturated carbocycles. The van der Waals surface area contributed by atoms with Crippen LogP contribution in [0.4, 0.5) is 11.4 Å². The second-order valence-corrected chi connectivity index (χ2v) is 6.99. The number of para-hydroxylation sites is 1. The molecule has 1 fully saturated rings. The van der Waals surface area contributed by atoms with Gasteiger partial charge in [0, 0.05) is 24.7 Å². The normalized spacial score (nSPS) is 16.0. The van der Waals surface area contributed by atoms with Gasteiger partial charge in [-0.25, -0.2) is 4.90 Å². The van der Waals surface area contributed by atoms with Crippen molar-refractivity contribution in [1.29, 1.82) is 0 Å². The Kier molecular flexibility index (Phi) is 5.46. The third-order valence-electron chi connectivity index (χ3n) is 4.81. The van der Waals surface area contributed by atoms with Crippen LogP contribution in [-0.2, 0) is 20.9 Å². The lowest BCUT2D eigenvalue weighted by Crippen LogP contribution is -2.43. The molecule has 2 heterocycles.